The van der Waals surface area contributed by atoms with Gasteiger partial charge in [-0.1, -0.05) is 35.8 Å². The Hall–Kier alpha value is -1.49. The van der Waals surface area contributed by atoms with E-state index in [1.165, 1.54) is 0 Å². The second kappa shape index (κ2) is 5.25. The average molecular weight is 323 g/mol. The van der Waals surface area contributed by atoms with Crippen molar-refractivity contribution in [1.29, 1.82) is 0 Å². The Balaban J connectivity index is 2.41. The van der Waals surface area contributed by atoms with E-state index in [2.05, 4.69) is 53.2 Å². The monoisotopic (exact) mass is 322 g/mol. The summed E-state index contributed by atoms with van der Waals surface area (Å²) in [5.74, 6) is 1.15. The molecule has 0 unspecified atom stereocenters. The molecule has 0 atom stereocenters. The number of anilines is 3. The summed E-state index contributed by atoms with van der Waals surface area (Å²) in [6, 6.07) is 6.12. The van der Waals surface area contributed by atoms with Gasteiger partial charge in [-0.15, -0.1) is 0 Å². The molecule has 0 saturated heterocycles. The number of benzene rings is 1. The summed E-state index contributed by atoms with van der Waals surface area (Å²) in [6.07, 6.45) is 0. The number of nitrogens with one attached hydrogen (secondary N) is 1. The van der Waals surface area contributed by atoms with Crippen molar-refractivity contribution in [3.05, 3.63) is 33.9 Å². The standard InChI is InChI=1S/C14H19BrN4/c1-8(2)13-12(16)14(19(4)18-13)17-11-7-10(15)6-5-9(11)3/h5-8,17H,16H2,1-4H3. The summed E-state index contributed by atoms with van der Waals surface area (Å²) < 4.78 is 2.83. The van der Waals surface area contributed by atoms with Crippen molar-refractivity contribution in [1.82, 2.24) is 9.78 Å². The molecule has 1 aromatic heterocycles. The van der Waals surface area contributed by atoms with E-state index < -0.39 is 0 Å². The molecule has 1 aromatic carbocycles. The van der Waals surface area contributed by atoms with Crippen molar-refractivity contribution in [2.45, 2.75) is 26.7 Å². The van der Waals surface area contributed by atoms with Gasteiger partial charge in [-0.2, -0.15) is 5.10 Å². The van der Waals surface area contributed by atoms with Crippen LogP contribution < -0.4 is 11.1 Å². The zero-order chi connectivity index (χ0) is 14.2. The van der Waals surface area contributed by atoms with Gasteiger partial charge < -0.3 is 11.1 Å². The molecule has 3 N–H and O–H groups in total. The number of nitrogens with zero attached hydrogens (tertiary/aromatic N) is 2. The number of hydrogen-bond donors (Lipinski definition) is 2. The van der Waals surface area contributed by atoms with Crippen LogP contribution in [0.3, 0.4) is 0 Å². The van der Waals surface area contributed by atoms with Gasteiger partial charge in [0.2, 0.25) is 0 Å². The third kappa shape index (κ3) is 2.76. The lowest BCUT2D eigenvalue weighted by molar-refractivity contribution is 0.718. The first kappa shape index (κ1) is 13.9. The van der Waals surface area contributed by atoms with Crippen molar-refractivity contribution >= 4 is 33.1 Å². The predicted octanol–water partition coefficient (Wildman–Crippen LogP) is 3.94. The number of aromatic nitrogens is 2. The maximum atomic E-state index is 6.18. The van der Waals surface area contributed by atoms with Gasteiger partial charge in [0, 0.05) is 17.2 Å². The van der Waals surface area contributed by atoms with Crippen LogP contribution in [0, 0.1) is 6.92 Å². The zero-order valence-electron chi connectivity index (χ0n) is 11.7. The van der Waals surface area contributed by atoms with E-state index in [1.807, 2.05) is 19.2 Å². The fraction of sp³-hybridized carbons (Fsp3) is 0.357. The molecule has 2 rings (SSSR count). The van der Waals surface area contributed by atoms with Crippen LogP contribution in [0.1, 0.15) is 31.0 Å². The smallest absolute Gasteiger partial charge is 0.152 e. The number of halogens is 1. The molecule has 5 heteroatoms. The van der Waals surface area contributed by atoms with Crippen LogP contribution in [0.4, 0.5) is 17.2 Å². The minimum absolute atomic E-state index is 0.311. The third-order valence-corrected chi connectivity index (χ3v) is 3.61. The van der Waals surface area contributed by atoms with Crippen molar-refractivity contribution in [2.75, 3.05) is 11.1 Å². The van der Waals surface area contributed by atoms with Crippen LogP contribution in [0.15, 0.2) is 22.7 Å². The number of hydrogen-bond acceptors (Lipinski definition) is 3. The molecule has 0 fully saturated rings. The summed E-state index contributed by atoms with van der Waals surface area (Å²) in [5.41, 5.74) is 10.0. The van der Waals surface area contributed by atoms with Gasteiger partial charge >= 0.3 is 0 Å². The van der Waals surface area contributed by atoms with Crippen LogP contribution in [-0.2, 0) is 7.05 Å². The van der Waals surface area contributed by atoms with Gasteiger partial charge in [-0.3, -0.25) is 4.68 Å². The summed E-state index contributed by atoms with van der Waals surface area (Å²) in [6.45, 7) is 6.24. The molecular formula is C14H19BrN4. The average Bonchev–Trinajstić information content (AvgIpc) is 2.62. The minimum Gasteiger partial charge on any atom is -0.394 e. The summed E-state index contributed by atoms with van der Waals surface area (Å²) in [5, 5.41) is 7.85. The Bertz CT molecular complexity index is 602. The molecule has 0 saturated carbocycles. The second-order valence-corrected chi connectivity index (χ2v) is 5.93. The highest BCUT2D eigenvalue weighted by atomic mass is 79.9. The van der Waals surface area contributed by atoms with Crippen LogP contribution in [0.25, 0.3) is 0 Å². The normalized spacial score (nSPS) is 11.1. The van der Waals surface area contributed by atoms with E-state index in [1.54, 1.807) is 4.68 Å². The van der Waals surface area contributed by atoms with Gasteiger partial charge in [-0.05, 0) is 30.5 Å². The fourth-order valence-electron chi connectivity index (χ4n) is 1.99. The minimum atomic E-state index is 0.311. The van der Waals surface area contributed by atoms with E-state index in [9.17, 15) is 0 Å². The highest BCUT2D eigenvalue weighted by molar-refractivity contribution is 9.10. The van der Waals surface area contributed by atoms with Gasteiger partial charge in [0.15, 0.2) is 5.82 Å². The van der Waals surface area contributed by atoms with E-state index in [-0.39, 0.29) is 0 Å². The molecule has 102 valence electrons. The Morgan fingerprint density at radius 1 is 1.37 bits per heavy atom. The zero-order valence-corrected chi connectivity index (χ0v) is 13.2. The molecule has 2 aromatic rings. The molecule has 19 heavy (non-hydrogen) atoms. The molecule has 0 aliphatic carbocycles. The molecule has 4 nitrogen and oxygen atoms in total. The van der Waals surface area contributed by atoms with Crippen molar-refractivity contribution < 1.29 is 0 Å². The number of rotatable bonds is 3. The molecule has 0 aliphatic rings. The summed E-state index contributed by atoms with van der Waals surface area (Å²) in [7, 11) is 1.90. The quantitative estimate of drug-likeness (QED) is 0.899. The lowest BCUT2D eigenvalue weighted by Crippen LogP contribution is -2.02. The van der Waals surface area contributed by atoms with Crippen LogP contribution in [0.5, 0.6) is 0 Å². The Labute approximate surface area is 122 Å². The fourth-order valence-corrected chi connectivity index (χ4v) is 2.35. The van der Waals surface area contributed by atoms with E-state index in [0.717, 1.165) is 32.9 Å². The summed E-state index contributed by atoms with van der Waals surface area (Å²) in [4.78, 5) is 0. The van der Waals surface area contributed by atoms with E-state index in [0.29, 0.717) is 5.92 Å². The highest BCUT2D eigenvalue weighted by Gasteiger charge is 2.16. The molecule has 0 aliphatic heterocycles. The topological polar surface area (TPSA) is 55.9 Å². The first-order chi connectivity index (χ1) is 8.90. The Morgan fingerprint density at radius 3 is 2.63 bits per heavy atom. The molecular weight excluding hydrogens is 304 g/mol. The number of nitrogen functional groups attached to an aromatic ring is 1. The third-order valence-electron chi connectivity index (χ3n) is 3.11. The highest BCUT2D eigenvalue weighted by Crippen LogP contribution is 2.31. The largest absolute Gasteiger partial charge is 0.394 e. The lowest BCUT2D eigenvalue weighted by atomic mass is 10.1. The van der Waals surface area contributed by atoms with Crippen molar-refractivity contribution in [3.63, 3.8) is 0 Å². The van der Waals surface area contributed by atoms with E-state index >= 15 is 0 Å². The van der Waals surface area contributed by atoms with Crippen LogP contribution in [-0.4, -0.2) is 9.78 Å². The second-order valence-electron chi connectivity index (χ2n) is 5.01. The van der Waals surface area contributed by atoms with Crippen LogP contribution >= 0.6 is 15.9 Å². The van der Waals surface area contributed by atoms with Gasteiger partial charge in [0.05, 0.1) is 11.4 Å². The SMILES string of the molecule is Cc1ccc(Br)cc1Nc1c(N)c(C(C)C)nn1C. The Kier molecular flexibility index (Phi) is 3.85. The first-order valence-corrected chi connectivity index (χ1v) is 7.05. The number of nitrogens with two attached hydrogens (primary N) is 1. The predicted molar refractivity (Wildman–Crippen MR) is 83.9 cm³/mol. The Morgan fingerprint density at radius 2 is 2.05 bits per heavy atom. The van der Waals surface area contributed by atoms with Crippen molar-refractivity contribution in [3.8, 4) is 0 Å². The van der Waals surface area contributed by atoms with E-state index in [4.69, 9.17) is 5.73 Å². The molecule has 0 bridgehead atoms. The molecule has 0 spiro atoms. The van der Waals surface area contributed by atoms with Crippen molar-refractivity contribution in [2.24, 2.45) is 7.05 Å². The number of aryl methyl sites for hydroxylation is 2. The lowest BCUT2D eigenvalue weighted by Gasteiger charge is -2.11. The molecule has 0 amide bonds. The molecule has 1 heterocycles. The maximum Gasteiger partial charge on any atom is 0.152 e. The summed E-state index contributed by atoms with van der Waals surface area (Å²) >= 11 is 3.48. The molecule has 0 radical (unpaired) electrons. The van der Waals surface area contributed by atoms with Gasteiger partial charge in [-0.25, -0.2) is 0 Å². The van der Waals surface area contributed by atoms with Gasteiger partial charge in [0.1, 0.15) is 0 Å². The maximum absolute atomic E-state index is 6.18. The van der Waals surface area contributed by atoms with Gasteiger partial charge in [0.25, 0.3) is 0 Å². The first-order valence-electron chi connectivity index (χ1n) is 6.25. The van der Waals surface area contributed by atoms with Crippen LogP contribution in [0.2, 0.25) is 0 Å².